The molecule has 0 aliphatic carbocycles. The van der Waals surface area contributed by atoms with Gasteiger partial charge in [0.05, 0.1) is 5.56 Å². The lowest BCUT2D eigenvalue weighted by atomic mass is 10.1. The number of rotatable bonds is 2. The number of furan rings is 1. The molecule has 1 amide bonds. The summed E-state index contributed by atoms with van der Waals surface area (Å²) in [6.45, 7) is 5.50. The Morgan fingerprint density at radius 3 is 2.50 bits per heavy atom. The van der Waals surface area contributed by atoms with Crippen LogP contribution in [0.1, 0.15) is 27.4 Å². The molecule has 3 N–H and O–H groups in total. The minimum Gasteiger partial charge on any atom is -0.466 e. The molecule has 0 aliphatic heterocycles. The van der Waals surface area contributed by atoms with Crippen LogP contribution in [0.2, 0.25) is 0 Å². The van der Waals surface area contributed by atoms with Crippen molar-refractivity contribution in [1.82, 2.24) is 0 Å². The summed E-state index contributed by atoms with van der Waals surface area (Å²) < 4.78 is 5.34. The summed E-state index contributed by atoms with van der Waals surface area (Å²) in [7, 11) is 0. The highest BCUT2D eigenvalue weighted by atomic mass is 16.3. The van der Waals surface area contributed by atoms with E-state index in [1.54, 1.807) is 25.1 Å². The van der Waals surface area contributed by atoms with Gasteiger partial charge >= 0.3 is 0 Å². The van der Waals surface area contributed by atoms with Crippen LogP contribution in [0.4, 0.5) is 11.4 Å². The van der Waals surface area contributed by atoms with Crippen LogP contribution in [0.5, 0.6) is 0 Å². The molecule has 2 rings (SSSR count). The van der Waals surface area contributed by atoms with E-state index in [4.69, 9.17) is 10.2 Å². The molecule has 4 nitrogen and oxygen atoms in total. The molecule has 0 fully saturated rings. The SMILES string of the molecule is Cc1cc(C(=O)Nc2ccc(N)cc2C)c(C)o1. The van der Waals surface area contributed by atoms with E-state index in [1.807, 2.05) is 19.9 Å². The van der Waals surface area contributed by atoms with E-state index in [-0.39, 0.29) is 5.91 Å². The Balaban J connectivity index is 2.24. The molecular formula is C14H16N2O2. The summed E-state index contributed by atoms with van der Waals surface area (Å²) in [5, 5.41) is 2.85. The van der Waals surface area contributed by atoms with Crippen molar-refractivity contribution < 1.29 is 9.21 Å². The van der Waals surface area contributed by atoms with E-state index in [1.165, 1.54) is 0 Å². The van der Waals surface area contributed by atoms with Crippen molar-refractivity contribution in [2.24, 2.45) is 0 Å². The number of hydrogen-bond acceptors (Lipinski definition) is 3. The van der Waals surface area contributed by atoms with Crippen molar-refractivity contribution in [3.63, 3.8) is 0 Å². The van der Waals surface area contributed by atoms with Gasteiger partial charge in [0, 0.05) is 11.4 Å². The zero-order chi connectivity index (χ0) is 13.3. The highest BCUT2D eigenvalue weighted by molar-refractivity contribution is 6.05. The van der Waals surface area contributed by atoms with Gasteiger partial charge in [-0.2, -0.15) is 0 Å². The van der Waals surface area contributed by atoms with Gasteiger partial charge in [-0.3, -0.25) is 4.79 Å². The van der Waals surface area contributed by atoms with Gasteiger partial charge < -0.3 is 15.5 Å². The average Bonchev–Trinajstić information content (AvgIpc) is 2.62. The highest BCUT2D eigenvalue weighted by Crippen LogP contribution is 2.20. The first-order valence-corrected chi connectivity index (χ1v) is 5.72. The molecule has 1 heterocycles. The fourth-order valence-corrected chi connectivity index (χ4v) is 1.87. The van der Waals surface area contributed by atoms with Crippen molar-refractivity contribution >= 4 is 17.3 Å². The van der Waals surface area contributed by atoms with Crippen molar-refractivity contribution in [3.05, 3.63) is 46.9 Å². The maximum atomic E-state index is 12.1. The quantitative estimate of drug-likeness (QED) is 0.798. The zero-order valence-corrected chi connectivity index (χ0v) is 10.7. The third-order valence-corrected chi connectivity index (χ3v) is 2.78. The Morgan fingerprint density at radius 1 is 1.22 bits per heavy atom. The van der Waals surface area contributed by atoms with Gasteiger partial charge in [0.2, 0.25) is 0 Å². The first-order chi connectivity index (χ1) is 8.47. The van der Waals surface area contributed by atoms with Crippen LogP contribution in [0.25, 0.3) is 0 Å². The summed E-state index contributed by atoms with van der Waals surface area (Å²) in [4.78, 5) is 12.1. The standard InChI is InChI=1S/C14H16N2O2/c1-8-6-11(15)4-5-13(8)16-14(17)12-7-9(2)18-10(12)3/h4-7H,15H2,1-3H3,(H,16,17). The van der Waals surface area contributed by atoms with Crippen LogP contribution >= 0.6 is 0 Å². The molecule has 0 saturated carbocycles. The van der Waals surface area contributed by atoms with E-state index in [9.17, 15) is 4.79 Å². The van der Waals surface area contributed by atoms with Gasteiger partial charge in [-0.15, -0.1) is 0 Å². The van der Waals surface area contributed by atoms with Crippen LogP contribution in [0.3, 0.4) is 0 Å². The number of anilines is 2. The van der Waals surface area contributed by atoms with E-state index < -0.39 is 0 Å². The molecule has 0 atom stereocenters. The van der Waals surface area contributed by atoms with E-state index in [2.05, 4.69) is 5.32 Å². The third kappa shape index (κ3) is 2.37. The smallest absolute Gasteiger partial charge is 0.259 e. The van der Waals surface area contributed by atoms with E-state index in [0.717, 1.165) is 17.0 Å². The van der Waals surface area contributed by atoms with Gasteiger partial charge in [0.1, 0.15) is 11.5 Å². The predicted molar refractivity (Wildman–Crippen MR) is 71.7 cm³/mol. The Morgan fingerprint density at radius 2 is 1.94 bits per heavy atom. The Kier molecular flexibility index (Phi) is 3.10. The number of carbonyl (C=O) groups is 1. The summed E-state index contributed by atoms with van der Waals surface area (Å²) in [6.07, 6.45) is 0. The van der Waals surface area contributed by atoms with Crippen LogP contribution < -0.4 is 11.1 Å². The highest BCUT2D eigenvalue weighted by Gasteiger charge is 2.14. The molecule has 0 radical (unpaired) electrons. The maximum absolute atomic E-state index is 12.1. The number of amides is 1. The summed E-state index contributed by atoms with van der Waals surface area (Å²) >= 11 is 0. The minimum absolute atomic E-state index is 0.169. The summed E-state index contributed by atoms with van der Waals surface area (Å²) in [5.41, 5.74) is 8.60. The second-order valence-corrected chi connectivity index (χ2v) is 4.36. The van der Waals surface area contributed by atoms with Gasteiger partial charge in [-0.25, -0.2) is 0 Å². The topological polar surface area (TPSA) is 68.3 Å². The Labute approximate surface area is 106 Å². The lowest BCUT2D eigenvalue weighted by molar-refractivity contribution is 0.102. The monoisotopic (exact) mass is 244 g/mol. The van der Waals surface area contributed by atoms with Gasteiger partial charge in [-0.05, 0) is 50.6 Å². The minimum atomic E-state index is -0.169. The molecular weight excluding hydrogens is 228 g/mol. The largest absolute Gasteiger partial charge is 0.466 e. The predicted octanol–water partition coefficient (Wildman–Crippen LogP) is 3.04. The molecule has 1 aromatic heterocycles. The molecule has 0 spiro atoms. The number of hydrogen-bond donors (Lipinski definition) is 2. The van der Waals surface area contributed by atoms with E-state index in [0.29, 0.717) is 17.0 Å². The normalized spacial score (nSPS) is 10.4. The van der Waals surface area contributed by atoms with Crippen molar-refractivity contribution in [2.45, 2.75) is 20.8 Å². The number of nitrogens with two attached hydrogens (primary N) is 1. The lowest BCUT2D eigenvalue weighted by Gasteiger charge is -2.08. The Hall–Kier alpha value is -2.23. The summed E-state index contributed by atoms with van der Waals surface area (Å²) in [5.74, 6) is 1.18. The summed E-state index contributed by atoms with van der Waals surface area (Å²) in [6, 6.07) is 7.11. The fourth-order valence-electron chi connectivity index (χ4n) is 1.87. The molecule has 0 bridgehead atoms. The molecule has 0 unspecified atom stereocenters. The molecule has 94 valence electrons. The number of nitrogen functional groups attached to an aromatic ring is 1. The van der Waals surface area contributed by atoms with Crippen LogP contribution in [-0.4, -0.2) is 5.91 Å². The van der Waals surface area contributed by atoms with E-state index >= 15 is 0 Å². The number of carbonyl (C=O) groups excluding carboxylic acids is 1. The number of benzene rings is 1. The fraction of sp³-hybridized carbons (Fsp3) is 0.214. The molecule has 18 heavy (non-hydrogen) atoms. The third-order valence-electron chi connectivity index (χ3n) is 2.78. The zero-order valence-electron chi connectivity index (χ0n) is 10.7. The molecule has 4 heteroatoms. The van der Waals surface area contributed by atoms with Gasteiger partial charge in [0.25, 0.3) is 5.91 Å². The molecule has 1 aromatic carbocycles. The number of nitrogens with one attached hydrogen (secondary N) is 1. The van der Waals surface area contributed by atoms with Crippen molar-refractivity contribution in [3.8, 4) is 0 Å². The molecule has 0 aliphatic rings. The second-order valence-electron chi connectivity index (χ2n) is 4.36. The average molecular weight is 244 g/mol. The van der Waals surface area contributed by atoms with Crippen LogP contribution in [-0.2, 0) is 0 Å². The lowest BCUT2D eigenvalue weighted by Crippen LogP contribution is -2.13. The first kappa shape index (κ1) is 12.2. The maximum Gasteiger partial charge on any atom is 0.259 e. The van der Waals surface area contributed by atoms with Gasteiger partial charge in [-0.1, -0.05) is 0 Å². The number of aryl methyl sites for hydroxylation is 3. The Bertz CT molecular complexity index is 600. The molecule has 2 aromatic rings. The molecule has 0 saturated heterocycles. The van der Waals surface area contributed by atoms with Gasteiger partial charge in [0.15, 0.2) is 0 Å². The van der Waals surface area contributed by atoms with Crippen LogP contribution in [0, 0.1) is 20.8 Å². The van der Waals surface area contributed by atoms with Crippen molar-refractivity contribution in [2.75, 3.05) is 11.1 Å². The first-order valence-electron chi connectivity index (χ1n) is 5.72. The van der Waals surface area contributed by atoms with Crippen LogP contribution in [0.15, 0.2) is 28.7 Å². The van der Waals surface area contributed by atoms with Crippen molar-refractivity contribution in [1.29, 1.82) is 0 Å². The second kappa shape index (κ2) is 4.56.